The second-order valence-corrected chi connectivity index (χ2v) is 13.5. The number of hydrogen-bond acceptors (Lipinski definition) is 6. The van der Waals surface area contributed by atoms with Gasteiger partial charge in [-0.3, -0.25) is 9.59 Å². The molecular formula is C26H42N4O5S. The van der Waals surface area contributed by atoms with Crippen LogP contribution >= 0.6 is 0 Å². The highest BCUT2D eigenvalue weighted by Crippen LogP contribution is 2.39. The van der Waals surface area contributed by atoms with Crippen LogP contribution < -0.4 is 5.32 Å². The molecule has 0 spiro atoms. The Morgan fingerprint density at radius 1 is 1.08 bits per heavy atom. The Balaban J connectivity index is 1.56. The first-order valence-electron chi connectivity index (χ1n) is 13.5. The fourth-order valence-electron chi connectivity index (χ4n) is 6.43. The van der Waals surface area contributed by atoms with E-state index < -0.39 is 10.0 Å². The summed E-state index contributed by atoms with van der Waals surface area (Å²) < 4.78 is 33.8. The van der Waals surface area contributed by atoms with Gasteiger partial charge >= 0.3 is 0 Å². The molecule has 5 atom stereocenters. The van der Waals surface area contributed by atoms with Gasteiger partial charge in [0.05, 0.1) is 0 Å². The highest BCUT2D eigenvalue weighted by atomic mass is 32.2. The summed E-state index contributed by atoms with van der Waals surface area (Å²) in [7, 11) is -3.74. The molecule has 4 heterocycles. The average molecular weight is 523 g/mol. The second kappa shape index (κ2) is 10.8. The Kier molecular flexibility index (Phi) is 8.14. The van der Waals surface area contributed by atoms with Crippen LogP contribution in [0.3, 0.4) is 0 Å². The van der Waals surface area contributed by atoms with E-state index in [-0.39, 0.29) is 46.5 Å². The van der Waals surface area contributed by atoms with E-state index in [0.29, 0.717) is 62.7 Å². The number of nitrogens with zero attached hydrogens (tertiary/aromatic N) is 3. The summed E-state index contributed by atoms with van der Waals surface area (Å²) in [5.74, 6) is 1.26. The number of piperidine rings is 2. The van der Waals surface area contributed by atoms with Gasteiger partial charge in [-0.25, -0.2) is 8.42 Å². The van der Waals surface area contributed by atoms with Crippen LogP contribution in [0.4, 0.5) is 0 Å². The Labute approximate surface area is 215 Å². The molecule has 3 fully saturated rings. The van der Waals surface area contributed by atoms with Gasteiger partial charge in [0.15, 0.2) is 5.76 Å². The van der Waals surface area contributed by atoms with E-state index in [0.717, 1.165) is 19.3 Å². The number of hydrogen-bond donors (Lipinski definition) is 1. The standard InChI is InChI=1S/C26H42N4O5S/c1-16(2)22-10-9-17(3)11-25(32)30-14-20-12-21(23(30)7-6-8-24(31)27-22)15-29(13-20)36(33,34)26-18(4)28-35-19(26)5/h16-17,20-23H,6-15H2,1-5H3,(H,27,31)/t17-,20+,21-,22+,23+/m1/s1. The van der Waals surface area contributed by atoms with Gasteiger partial charge in [0, 0.05) is 44.6 Å². The number of carbonyl (C=O) groups is 2. The summed E-state index contributed by atoms with van der Waals surface area (Å²) in [6.45, 7) is 11.0. The fourth-order valence-corrected chi connectivity index (χ4v) is 8.30. The molecular weight excluding hydrogens is 480 g/mol. The van der Waals surface area contributed by atoms with Crippen LogP contribution in [0.25, 0.3) is 0 Å². The van der Waals surface area contributed by atoms with Crippen LogP contribution in [0, 0.1) is 37.5 Å². The van der Waals surface area contributed by atoms with Crippen molar-refractivity contribution < 1.29 is 22.5 Å². The monoisotopic (exact) mass is 522 g/mol. The lowest BCUT2D eigenvalue weighted by Crippen LogP contribution is -2.60. The van der Waals surface area contributed by atoms with Crippen molar-refractivity contribution in [2.75, 3.05) is 19.6 Å². The van der Waals surface area contributed by atoms with Crippen molar-refractivity contribution in [2.24, 2.45) is 23.7 Å². The van der Waals surface area contributed by atoms with Crippen molar-refractivity contribution in [3.8, 4) is 0 Å². The van der Waals surface area contributed by atoms with E-state index in [1.54, 1.807) is 18.2 Å². The summed E-state index contributed by atoms with van der Waals surface area (Å²) in [5.41, 5.74) is 0.377. The molecule has 9 nitrogen and oxygen atoms in total. The van der Waals surface area contributed by atoms with E-state index in [1.807, 2.05) is 4.90 Å². The topological polar surface area (TPSA) is 113 Å². The first kappa shape index (κ1) is 27.1. The molecule has 202 valence electrons. The molecule has 1 N–H and O–H groups in total. The third kappa shape index (κ3) is 5.64. The molecule has 3 aliphatic heterocycles. The Morgan fingerprint density at radius 2 is 1.83 bits per heavy atom. The maximum Gasteiger partial charge on any atom is 0.248 e. The SMILES string of the molecule is Cc1noc(C)c1S(=O)(=O)N1C[C@@H]2C[C@H](C1)[C@@H]1CCCC(=O)N[C@H](C(C)C)CC[C@@H](C)CC(=O)N1C2. The van der Waals surface area contributed by atoms with E-state index in [2.05, 4.69) is 31.2 Å². The molecule has 1 aromatic heterocycles. The van der Waals surface area contributed by atoms with Crippen molar-refractivity contribution in [3.63, 3.8) is 0 Å². The molecule has 0 aliphatic carbocycles. The van der Waals surface area contributed by atoms with Crippen molar-refractivity contribution in [1.82, 2.24) is 19.7 Å². The molecule has 2 amide bonds. The first-order valence-corrected chi connectivity index (χ1v) is 14.9. The predicted molar refractivity (Wildman–Crippen MR) is 135 cm³/mol. The molecule has 2 bridgehead atoms. The van der Waals surface area contributed by atoms with E-state index in [4.69, 9.17) is 4.52 Å². The summed E-state index contributed by atoms with van der Waals surface area (Å²) in [6, 6.07) is 0.0683. The Hall–Kier alpha value is -1.94. The lowest BCUT2D eigenvalue weighted by atomic mass is 9.78. The van der Waals surface area contributed by atoms with E-state index in [1.165, 1.54) is 0 Å². The summed E-state index contributed by atoms with van der Waals surface area (Å²) in [5, 5.41) is 7.07. The third-order valence-corrected chi connectivity index (χ3v) is 10.4. The maximum absolute atomic E-state index is 13.6. The molecule has 0 unspecified atom stereocenters. The molecule has 10 heteroatoms. The summed E-state index contributed by atoms with van der Waals surface area (Å²) >= 11 is 0. The highest BCUT2D eigenvalue weighted by Gasteiger charge is 2.46. The van der Waals surface area contributed by atoms with Crippen molar-refractivity contribution in [2.45, 2.75) is 96.5 Å². The minimum atomic E-state index is -3.74. The number of aryl methyl sites for hydroxylation is 2. The normalized spacial score (nSPS) is 31.3. The molecule has 1 aromatic rings. The van der Waals surface area contributed by atoms with Gasteiger partial charge in [0.2, 0.25) is 21.8 Å². The molecule has 3 aliphatic rings. The predicted octanol–water partition coefficient (Wildman–Crippen LogP) is 3.26. The third-order valence-electron chi connectivity index (χ3n) is 8.37. The molecule has 4 rings (SSSR count). The van der Waals surface area contributed by atoms with Gasteiger partial charge in [0.1, 0.15) is 10.6 Å². The molecule has 0 saturated carbocycles. The number of carbonyl (C=O) groups excluding carboxylic acids is 2. The number of fused-ring (bicyclic) bond motifs is 4. The molecule has 0 radical (unpaired) electrons. The minimum Gasteiger partial charge on any atom is -0.360 e. The zero-order chi connectivity index (χ0) is 26.2. The lowest BCUT2D eigenvalue weighted by molar-refractivity contribution is -0.141. The van der Waals surface area contributed by atoms with Gasteiger partial charge in [-0.1, -0.05) is 25.9 Å². The smallest absolute Gasteiger partial charge is 0.248 e. The van der Waals surface area contributed by atoms with Crippen LogP contribution in [0.5, 0.6) is 0 Å². The van der Waals surface area contributed by atoms with Crippen LogP contribution in [0.15, 0.2) is 9.42 Å². The van der Waals surface area contributed by atoms with Crippen LogP contribution in [0.1, 0.15) is 77.2 Å². The quantitative estimate of drug-likeness (QED) is 0.652. The van der Waals surface area contributed by atoms with E-state index >= 15 is 0 Å². The zero-order valence-corrected chi connectivity index (χ0v) is 23.1. The molecule has 0 aromatic carbocycles. The number of rotatable bonds is 3. The Morgan fingerprint density at radius 3 is 2.50 bits per heavy atom. The van der Waals surface area contributed by atoms with Gasteiger partial charge in [-0.05, 0) is 69.6 Å². The van der Waals surface area contributed by atoms with Crippen molar-refractivity contribution in [1.29, 1.82) is 0 Å². The number of amides is 2. The van der Waals surface area contributed by atoms with Crippen LogP contribution in [0.2, 0.25) is 0 Å². The number of nitrogens with one attached hydrogen (secondary N) is 1. The number of sulfonamides is 1. The summed E-state index contributed by atoms with van der Waals surface area (Å²) in [4.78, 5) is 28.4. The van der Waals surface area contributed by atoms with Gasteiger partial charge in [-0.2, -0.15) is 4.31 Å². The highest BCUT2D eigenvalue weighted by molar-refractivity contribution is 7.89. The van der Waals surface area contributed by atoms with E-state index in [9.17, 15) is 18.0 Å². The zero-order valence-electron chi connectivity index (χ0n) is 22.3. The van der Waals surface area contributed by atoms with Gasteiger partial charge in [0.25, 0.3) is 0 Å². The van der Waals surface area contributed by atoms with Gasteiger partial charge < -0.3 is 14.7 Å². The van der Waals surface area contributed by atoms with Gasteiger partial charge in [-0.15, -0.1) is 0 Å². The largest absolute Gasteiger partial charge is 0.360 e. The maximum atomic E-state index is 13.6. The van der Waals surface area contributed by atoms with Crippen LogP contribution in [-0.4, -0.2) is 66.3 Å². The summed E-state index contributed by atoms with van der Waals surface area (Å²) in [6.07, 6.45) is 4.98. The number of aromatic nitrogens is 1. The second-order valence-electron chi connectivity index (χ2n) is 11.6. The first-order chi connectivity index (χ1) is 17.0. The van der Waals surface area contributed by atoms with Crippen molar-refractivity contribution in [3.05, 3.63) is 11.5 Å². The lowest BCUT2D eigenvalue weighted by Gasteiger charge is -2.50. The van der Waals surface area contributed by atoms with Crippen LogP contribution in [-0.2, 0) is 19.6 Å². The minimum absolute atomic E-state index is 0.0450. The average Bonchev–Trinajstić information content (AvgIpc) is 3.15. The Bertz CT molecular complexity index is 1050. The fraction of sp³-hybridized carbons (Fsp3) is 0.808. The molecule has 3 saturated heterocycles. The van der Waals surface area contributed by atoms with Crippen molar-refractivity contribution >= 4 is 21.8 Å². The molecule has 36 heavy (non-hydrogen) atoms.